The van der Waals surface area contributed by atoms with E-state index in [1.807, 2.05) is 12.1 Å². The van der Waals surface area contributed by atoms with E-state index in [1.165, 1.54) is 0 Å². The molecule has 0 radical (unpaired) electrons. The number of carbonyl (C=O) groups excluding carboxylic acids is 1. The molecule has 0 fully saturated rings. The molecule has 0 spiro atoms. The topological polar surface area (TPSA) is 68.0 Å². The second-order valence-corrected chi connectivity index (χ2v) is 4.94. The number of primary amides is 1. The van der Waals surface area contributed by atoms with Gasteiger partial charge in [-0.1, -0.05) is 13.8 Å². The molecule has 5 heteroatoms. The van der Waals surface area contributed by atoms with E-state index in [2.05, 4.69) is 24.1 Å². The Morgan fingerprint density at radius 1 is 1.50 bits per heavy atom. The summed E-state index contributed by atoms with van der Waals surface area (Å²) in [6, 6.07) is 5.04. The maximum atomic E-state index is 10.7. The van der Waals surface area contributed by atoms with E-state index in [-0.39, 0.29) is 0 Å². The molecule has 0 aliphatic heterocycles. The summed E-state index contributed by atoms with van der Waals surface area (Å²) in [5.74, 6) is 0.421. The standard InChI is InChI=1S/C11H13N3OS/c1-6(2)10-14-8-4-3-7(13-11(12)15)5-9(8)16-10/h3-6H,1-2H3,(H3,12,13,15). The number of thiazole rings is 1. The molecule has 3 N–H and O–H groups in total. The molecule has 0 atom stereocenters. The summed E-state index contributed by atoms with van der Waals surface area (Å²) in [5.41, 5.74) is 6.73. The summed E-state index contributed by atoms with van der Waals surface area (Å²) in [4.78, 5) is 15.2. The Bertz CT molecular complexity index is 533. The van der Waals surface area contributed by atoms with Crippen molar-refractivity contribution in [3.05, 3.63) is 23.2 Å². The van der Waals surface area contributed by atoms with Gasteiger partial charge in [0.15, 0.2) is 0 Å². The summed E-state index contributed by atoms with van der Waals surface area (Å²) in [7, 11) is 0. The highest BCUT2D eigenvalue weighted by molar-refractivity contribution is 7.18. The summed E-state index contributed by atoms with van der Waals surface area (Å²) in [5, 5.41) is 3.66. The van der Waals surface area contributed by atoms with Crippen molar-refractivity contribution >= 4 is 33.3 Å². The van der Waals surface area contributed by atoms with E-state index >= 15 is 0 Å². The Balaban J connectivity index is 2.41. The second-order valence-electron chi connectivity index (χ2n) is 3.88. The number of hydrogen-bond acceptors (Lipinski definition) is 3. The number of aromatic nitrogens is 1. The summed E-state index contributed by atoms with van der Waals surface area (Å²) >= 11 is 1.64. The number of nitrogens with zero attached hydrogens (tertiary/aromatic N) is 1. The first-order valence-electron chi connectivity index (χ1n) is 5.03. The van der Waals surface area contributed by atoms with Crippen LogP contribution < -0.4 is 11.1 Å². The molecule has 2 aromatic rings. The van der Waals surface area contributed by atoms with Gasteiger partial charge >= 0.3 is 6.03 Å². The van der Waals surface area contributed by atoms with Gasteiger partial charge in [-0.15, -0.1) is 11.3 Å². The van der Waals surface area contributed by atoms with Crippen LogP contribution in [0.4, 0.5) is 10.5 Å². The number of anilines is 1. The zero-order valence-electron chi connectivity index (χ0n) is 9.15. The monoisotopic (exact) mass is 235 g/mol. The lowest BCUT2D eigenvalue weighted by molar-refractivity contribution is 0.259. The number of nitrogens with two attached hydrogens (primary N) is 1. The maximum Gasteiger partial charge on any atom is 0.316 e. The fourth-order valence-corrected chi connectivity index (χ4v) is 2.42. The van der Waals surface area contributed by atoms with Gasteiger partial charge in [0, 0.05) is 11.6 Å². The van der Waals surface area contributed by atoms with E-state index in [4.69, 9.17) is 5.73 Å². The van der Waals surface area contributed by atoms with Crippen LogP contribution >= 0.6 is 11.3 Å². The number of nitrogens with one attached hydrogen (secondary N) is 1. The number of amides is 2. The first kappa shape index (κ1) is 10.9. The number of hydrogen-bond donors (Lipinski definition) is 2. The third-order valence-corrected chi connectivity index (χ3v) is 3.49. The van der Waals surface area contributed by atoms with Crippen LogP contribution in [-0.4, -0.2) is 11.0 Å². The lowest BCUT2D eigenvalue weighted by Crippen LogP contribution is -2.19. The lowest BCUT2D eigenvalue weighted by Gasteiger charge is -1.99. The van der Waals surface area contributed by atoms with Crippen LogP contribution in [0.1, 0.15) is 24.8 Å². The maximum absolute atomic E-state index is 10.7. The highest BCUT2D eigenvalue weighted by atomic mass is 32.1. The van der Waals surface area contributed by atoms with E-state index < -0.39 is 6.03 Å². The van der Waals surface area contributed by atoms with E-state index in [9.17, 15) is 4.79 Å². The molecule has 0 bridgehead atoms. The Morgan fingerprint density at radius 3 is 2.88 bits per heavy atom. The Hall–Kier alpha value is -1.62. The minimum Gasteiger partial charge on any atom is -0.351 e. The highest BCUT2D eigenvalue weighted by Gasteiger charge is 2.08. The van der Waals surface area contributed by atoms with Gasteiger partial charge in [-0.2, -0.15) is 0 Å². The molecule has 4 nitrogen and oxygen atoms in total. The van der Waals surface area contributed by atoms with E-state index in [1.54, 1.807) is 17.4 Å². The largest absolute Gasteiger partial charge is 0.351 e. The smallest absolute Gasteiger partial charge is 0.316 e. The number of urea groups is 1. The predicted molar refractivity (Wildman–Crippen MR) is 66.9 cm³/mol. The zero-order valence-corrected chi connectivity index (χ0v) is 9.97. The van der Waals surface area contributed by atoms with Crippen molar-refractivity contribution in [2.24, 2.45) is 5.73 Å². The van der Waals surface area contributed by atoms with Crippen molar-refractivity contribution in [3.63, 3.8) is 0 Å². The average molecular weight is 235 g/mol. The molecule has 1 heterocycles. The van der Waals surface area contributed by atoms with Crippen LogP contribution in [0.5, 0.6) is 0 Å². The number of benzene rings is 1. The van der Waals surface area contributed by atoms with Gasteiger partial charge in [-0.3, -0.25) is 0 Å². The number of fused-ring (bicyclic) bond motifs is 1. The van der Waals surface area contributed by atoms with Crippen molar-refractivity contribution in [1.29, 1.82) is 0 Å². The second kappa shape index (κ2) is 4.09. The van der Waals surface area contributed by atoms with Gasteiger partial charge in [0.25, 0.3) is 0 Å². The molecule has 2 rings (SSSR count). The first-order chi connectivity index (χ1) is 7.56. The van der Waals surface area contributed by atoms with Gasteiger partial charge in [0.1, 0.15) is 0 Å². The molecule has 1 aromatic carbocycles. The summed E-state index contributed by atoms with van der Waals surface area (Å²) in [6.07, 6.45) is 0. The molecule has 0 unspecified atom stereocenters. The van der Waals surface area contributed by atoms with E-state index in [0.29, 0.717) is 11.6 Å². The molecule has 16 heavy (non-hydrogen) atoms. The molecular formula is C11H13N3OS. The first-order valence-corrected chi connectivity index (χ1v) is 5.85. The summed E-state index contributed by atoms with van der Waals surface area (Å²) in [6.45, 7) is 4.22. The minimum atomic E-state index is -0.548. The van der Waals surface area contributed by atoms with Crippen molar-refractivity contribution in [3.8, 4) is 0 Å². The fourth-order valence-electron chi connectivity index (χ4n) is 1.41. The van der Waals surface area contributed by atoms with Gasteiger partial charge in [-0.25, -0.2) is 9.78 Å². The molecule has 0 saturated carbocycles. The summed E-state index contributed by atoms with van der Waals surface area (Å²) < 4.78 is 1.06. The van der Waals surface area contributed by atoms with Gasteiger partial charge in [0.05, 0.1) is 15.2 Å². The quantitative estimate of drug-likeness (QED) is 0.840. The van der Waals surface area contributed by atoms with Crippen molar-refractivity contribution in [2.75, 3.05) is 5.32 Å². The number of rotatable bonds is 2. The van der Waals surface area contributed by atoms with Gasteiger partial charge in [0.2, 0.25) is 0 Å². The van der Waals surface area contributed by atoms with Crippen molar-refractivity contribution in [1.82, 2.24) is 4.98 Å². The van der Waals surface area contributed by atoms with Crippen molar-refractivity contribution < 1.29 is 4.79 Å². The van der Waals surface area contributed by atoms with Crippen LogP contribution in [0.3, 0.4) is 0 Å². The molecule has 2 amide bonds. The van der Waals surface area contributed by atoms with Crippen LogP contribution in [0, 0.1) is 0 Å². The average Bonchev–Trinajstić information content (AvgIpc) is 2.59. The normalized spacial score (nSPS) is 10.9. The van der Waals surface area contributed by atoms with Crippen LogP contribution in [0.25, 0.3) is 10.2 Å². The Morgan fingerprint density at radius 2 is 2.25 bits per heavy atom. The molecule has 0 saturated heterocycles. The fraction of sp³-hybridized carbons (Fsp3) is 0.273. The third kappa shape index (κ3) is 2.14. The zero-order chi connectivity index (χ0) is 11.7. The lowest BCUT2D eigenvalue weighted by atomic mass is 10.2. The molecular weight excluding hydrogens is 222 g/mol. The van der Waals surface area contributed by atoms with Gasteiger partial charge < -0.3 is 11.1 Å². The third-order valence-electron chi connectivity index (χ3n) is 2.17. The van der Waals surface area contributed by atoms with Crippen LogP contribution in [-0.2, 0) is 0 Å². The Labute approximate surface area is 97.5 Å². The SMILES string of the molecule is CC(C)c1nc2ccc(NC(N)=O)cc2s1. The molecule has 1 aromatic heterocycles. The minimum absolute atomic E-state index is 0.421. The van der Waals surface area contributed by atoms with Crippen LogP contribution in [0.2, 0.25) is 0 Å². The Kier molecular flexibility index (Phi) is 2.78. The van der Waals surface area contributed by atoms with Crippen LogP contribution in [0.15, 0.2) is 18.2 Å². The highest BCUT2D eigenvalue weighted by Crippen LogP contribution is 2.29. The van der Waals surface area contributed by atoms with Crippen molar-refractivity contribution in [2.45, 2.75) is 19.8 Å². The molecule has 0 aliphatic rings. The molecule has 0 aliphatic carbocycles. The predicted octanol–water partition coefficient (Wildman–Crippen LogP) is 2.91. The van der Waals surface area contributed by atoms with E-state index in [0.717, 1.165) is 15.2 Å². The van der Waals surface area contributed by atoms with Gasteiger partial charge in [-0.05, 0) is 18.2 Å². The number of carbonyl (C=O) groups is 1. The molecule has 84 valence electrons.